The SMILES string of the molecule is CCOc1ccc(CC2C=C([C@]3(OC)OC(C)C(O)C(OCc4ccccc4)C3OCc3ccccc3)C=CC2Cl)cc1. The van der Waals surface area contributed by atoms with Gasteiger partial charge in [-0.2, -0.15) is 0 Å². The van der Waals surface area contributed by atoms with E-state index >= 15 is 0 Å². The summed E-state index contributed by atoms with van der Waals surface area (Å²) < 4.78 is 31.5. The van der Waals surface area contributed by atoms with Crippen molar-refractivity contribution in [1.29, 1.82) is 0 Å². The fraction of sp³-hybridized carbons (Fsp3) is 0.389. The normalized spacial score (nSPS) is 28.8. The highest BCUT2D eigenvalue weighted by atomic mass is 35.5. The molecule has 0 saturated carbocycles. The molecule has 2 aliphatic rings. The number of allylic oxidation sites excluding steroid dienone is 2. The van der Waals surface area contributed by atoms with Gasteiger partial charge in [0.1, 0.15) is 24.1 Å². The molecule has 0 radical (unpaired) electrons. The zero-order valence-electron chi connectivity index (χ0n) is 25.0. The minimum atomic E-state index is -1.35. The first-order chi connectivity index (χ1) is 20.9. The van der Waals surface area contributed by atoms with Crippen molar-refractivity contribution in [3.63, 3.8) is 0 Å². The smallest absolute Gasteiger partial charge is 0.224 e. The fourth-order valence-electron chi connectivity index (χ4n) is 5.79. The van der Waals surface area contributed by atoms with Crippen molar-refractivity contribution in [3.05, 3.63) is 125 Å². The largest absolute Gasteiger partial charge is 0.494 e. The highest BCUT2D eigenvalue weighted by molar-refractivity contribution is 6.22. The molecular weight excluding hydrogens is 564 g/mol. The summed E-state index contributed by atoms with van der Waals surface area (Å²) in [6.45, 7) is 5.02. The first-order valence-electron chi connectivity index (χ1n) is 14.9. The van der Waals surface area contributed by atoms with Gasteiger partial charge < -0.3 is 28.8 Å². The molecule has 1 N–H and O–H groups in total. The Hall–Kier alpha value is -2.97. The Balaban J connectivity index is 1.47. The third kappa shape index (κ3) is 7.40. The summed E-state index contributed by atoms with van der Waals surface area (Å²) >= 11 is 6.85. The van der Waals surface area contributed by atoms with Gasteiger partial charge in [-0.1, -0.05) is 91.0 Å². The third-order valence-corrected chi connectivity index (χ3v) is 8.55. The van der Waals surface area contributed by atoms with Gasteiger partial charge in [0.25, 0.3) is 0 Å². The van der Waals surface area contributed by atoms with Crippen LogP contribution < -0.4 is 4.74 Å². The molecule has 1 aliphatic carbocycles. The number of alkyl halides is 1. The predicted molar refractivity (Wildman–Crippen MR) is 168 cm³/mol. The number of halogens is 1. The van der Waals surface area contributed by atoms with E-state index in [-0.39, 0.29) is 17.9 Å². The first-order valence-corrected chi connectivity index (χ1v) is 15.4. The summed E-state index contributed by atoms with van der Waals surface area (Å²) in [5.41, 5.74) is 3.92. The molecule has 6 unspecified atom stereocenters. The van der Waals surface area contributed by atoms with E-state index in [0.717, 1.165) is 34.4 Å². The van der Waals surface area contributed by atoms with E-state index in [1.165, 1.54) is 0 Å². The number of ether oxygens (including phenoxy) is 5. The molecule has 1 aliphatic heterocycles. The molecule has 7 atom stereocenters. The summed E-state index contributed by atoms with van der Waals surface area (Å²) in [4.78, 5) is 0. The summed E-state index contributed by atoms with van der Waals surface area (Å²) in [5, 5.41) is 11.2. The molecule has 3 aromatic rings. The number of benzene rings is 3. The van der Waals surface area contributed by atoms with Crippen molar-refractivity contribution in [2.75, 3.05) is 13.7 Å². The second-order valence-electron chi connectivity index (χ2n) is 11.0. The molecule has 0 aromatic heterocycles. The molecule has 0 spiro atoms. The lowest BCUT2D eigenvalue weighted by atomic mass is 9.82. The van der Waals surface area contributed by atoms with Crippen LogP contribution in [0.25, 0.3) is 0 Å². The second kappa shape index (κ2) is 14.7. The summed E-state index contributed by atoms with van der Waals surface area (Å²) in [6, 6.07) is 27.9. The van der Waals surface area contributed by atoms with Crippen LogP contribution in [0.2, 0.25) is 0 Å². The van der Waals surface area contributed by atoms with Crippen LogP contribution in [0.3, 0.4) is 0 Å². The monoisotopic (exact) mass is 604 g/mol. The molecule has 7 heteroatoms. The standard InChI is InChI=1S/C36H41ClO6/c1-4-40-31-18-15-26(16-19-31)21-29-22-30(17-20-32(29)37)36(39-3)35(42-24-28-13-9-6-10-14-28)34(33(38)25(2)43-36)41-23-27-11-7-5-8-12-27/h5-20,22,25,29,32-35,38H,4,21,23-24H2,1-3H3/t25?,29?,32?,33?,34?,35?,36-/m0/s1. The van der Waals surface area contributed by atoms with E-state index in [0.29, 0.717) is 13.2 Å². The van der Waals surface area contributed by atoms with E-state index in [4.69, 9.17) is 35.3 Å². The third-order valence-electron chi connectivity index (χ3n) is 8.08. The number of hydrogen-bond acceptors (Lipinski definition) is 6. The van der Waals surface area contributed by atoms with E-state index < -0.39 is 30.2 Å². The van der Waals surface area contributed by atoms with E-state index in [1.807, 2.05) is 98.8 Å². The molecule has 3 aromatic carbocycles. The van der Waals surface area contributed by atoms with Crippen molar-refractivity contribution in [2.45, 2.75) is 69.1 Å². The molecule has 6 nitrogen and oxygen atoms in total. The van der Waals surface area contributed by atoms with Crippen LogP contribution in [0, 0.1) is 5.92 Å². The molecule has 5 rings (SSSR count). The van der Waals surface area contributed by atoms with Gasteiger partial charge >= 0.3 is 0 Å². The Bertz CT molecular complexity index is 1350. The average molecular weight is 605 g/mol. The van der Waals surface area contributed by atoms with Gasteiger partial charge in [0.2, 0.25) is 5.79 Å². The number of hydrogen-bond donors (Lipinski definition) is 1. The zero-order chi connectivity index (χ0) is 30.2. The Morgan fingerprint density at radius 2 is 1.49 bits per heavy atom. The topological polar surface area (TPSA) is 66.4 Å². The number of methoxy groups -OCH3 is 1. The molecule has 0 bridgehead atoms. The Morgan fingerprint density at radius 3 is 2.09 bits per heavy atom. The van der Waals surface area contributed by atoms with E-state index in [2.05, 4.69) is 18.2 Å². The Kier molecular flexibility index (Phi) is 10.7. The summed E-state index contributed by atoms with van der Waals surface area (Å²) in [6.07, 6.45) is 3.70. The van der Waals surface area contributed by atoms with Gasteiger partial charge in [0, 0.05) is 18.6 Å². The van der Waals surface area contributed by atoms with Crippen molar-refractivity contribution < 1.29 is 28.8 Å². The zero-order valence-corrected chi connectivity index (χ0v) is 25.7. The summed E-state index contributed by atoms with van der Waals surface area (Å²) in [5.74, 6) is -0.537. The van der Waals surface area contributed by atoms with E-state index in [9.17, 15) is 5.11 Å². The van der Waals surface area contributed by atoms with Crippen LogP contribution in [0.1, 0.15) is 30.5 Å². The number of rotatable bonds is 12. The van der Waals surface area contributed by atoms with Crippen LogP contribution in [-0.4, -0.2) is 54.4 Å². The highest BCUT2D eigenvalue weighted by Gasteiger charge is 2.57. The van der Waals surface area contributed by atoms with Crippen LogP contribution in [-0.2, 0) is 38.6 Å². The summed E-state index contributed by atoms with van der Waals surface area (Å²) in [7, 11) is 1.61. The molecule has 1 heterocycles. The molecule has 1 saturated heterocycles. The van der Waals surface area contributed by atoms with Crippen molar-refractivity contribution in [3.8, 4) is 5.75 Å². The Labute approximate surface area is 259 Å². The van der Waals surface area contributed by atoms with Gasteiger partial charge in [0.05, 0.1) is 31.3 Å². The fourth-order valence-corrected chi connectivity index (χ4v) is 6.02. The van der Waals surface area contributed by atoms with Gasteiger partial charge in [-0.3, -0.25) is 0 Å². The first kappa shape index (κ1) is 31.5. The minimum Gasteiger partial charge on any atom is -0.494 e. The maximum absolute atomic E-state index is 11.4. The minimum absolute atomic E-state index is 0.0316. The van der Waals surface area contributed by atoms with Crippen LogP contribution >= 0.6 is 11.6 Å². The van der Waals surface area contributed by atoms with Crippen molar-refractivity contribution >= 4 is 11.6 Å². The molecule has 0 amide bonds. The molecule has 43 heavy (non-hydrogen) atoms. The van der Waals surface area contributed by atoms with Gasteiger partial charge in [-0.15, -0.1) is 11.6 Å². The maximum atomic E-state index is 11.4. The number of aliphatic hydroxyl groups excluding tert-OH is 1. The molecular formula is C36H41ClO6. The van der Waals surface area contributed by atoms with Crippen LogP contribution in [0.4, 0.5) is 0 Å². The second-order valence-corrected chi connectivity index (χ2v) is 11.5. The molecule has 228 valence electrons. The molecule has 1 fully saturated rings. The quantitative estimate of drug-likeness (QED) is 0.234. The average Bonchev–Trinajstić information content (AvgIpc) is 3.04. The van der Waals surface area contributed by atoms with Gasteiger partial charge in [0.15, 0.2) is 0 Å². The van der Waals surface area contributed by atoms with Crippen molar-refractivity contribution in [2.24, 2.45) is 5.92 Å². The van der Waals surface area contributed by atoms with Gasteiger partial charge in [-0.25, -0.2) is 0 Å². The Morgan fingerprint density at radius 1 is 0.860 bits per heavy atom. The van der Waals surface area contributed by atoms with Gasteiger partial charge in [-0.05, 0) is 49.1 Å². The highest BCUT2D eigenvalue weighted by Crippen LogP contribution is 2.43. The van der Waals surface area contributed by atoms with Crippen LogP contribution in [0.5, 0.6) is 5.75 Å². The lowest BCUT2D eigenvalue weighted by molar-refractivity contribution is -0.348. The lowest BCUT2D eigenvalue weighted by Gasteiger charge is -2.51. The lowest BCUT2D eigenvalue weighted by Crippen LogP contribution is -2.66. The number of aliphatic hydroxyl groups is 1. The van der Waals surface area contributed by atoms with Crippen LogP contribution in [0.15, 0.2) is 109 Å². The maximum Gasteiger partial charge on any atom is 0.224 e. The van der Waals surface area contributed by atoms with Crippen molar-refractivity contribution in [1.82, 2.24) is 0 Å². The van der Waals surface area contributed by atoms with E-state index in [1.54, 1.807) is 7.11 Å². The predicted octanol–water partition coefficient (Wildman–Crippen LogP) is 6.64.